The highest BCUT2D eigenvalue weighted by Crippen LogP contribution is 2.22. The van der Waals surface area contributed by atoms with Crippen LogP contribution in [0, 0.1) is 0 Å². The quantitative estimate of drug-likeness (QED) is 0.812. The fourth-order valence-corrected chi connectivity index (χ4v) is 2.34. The molecule has 0 unspecified atom stereocenters. The Bertz CT molecular complexity index is 704. The first-order valence-corrected chi connectivity index (χ1v) is 7.82. The van der Waals surface area contributed by atoms with Crippen LogP contribution >= 0.6 is 15.9 Å². The van der Waals surface area contributed by atoms with Gasteiger partial charge in [0, 0.05) is 10.0 Å². The Morgan fingerprint density at radius 2 is 1.91 bits per heavy atom. The Morgan fingerprint density at radius 1 is 1.22 bits per heavy atom. The van der Waals surface area contributed by atoms with Gasteiger partial charge in [0.1, 0.15) is 18.4 Å². The molecule has 120 valence electrons. The van der Waals surface area contributed by atoms with Crippen molar-refractivity contribution in [3.63, 3.8) is 0 Å². The summed E-state index contributed by atoms with van der Waals surface area (Å²) in [5.74, 6) is -0.420. The van der Waals surface area contributed by atoms with E-state index in [1.54, 1.807) is 18.2 Å². The van der Waals surface area contributed by atoms with Crippen LogP contribution in [-0.2, 0) is 11.4 Å². The first kappa shape index (κ1) is 17.0. The van der Waals surface area contributed by atoms with Crippen molar-refractivity contribution in [2.24, 2.45) is 5.73 Å². The van der Waals surface area contributed by atoms with Crippen molar-refractivity contribution >= 4 is 27.7 Å². The van der Waals surface area contributed by atoms with Gasteiger partial charge in [0.25, 0.3) is 5.91 Å². The van der Waals surface area contributed by atoms with Crippen molar-refractivity contribution in [3.05, 3.63) is 64.1 Å². The average Bonchev–Trinajstić information content (AvgIpc) is 2.53. The van der Waals surface area contributed by atoms with E-state index in [1.807, 2.05) is 30.3 Å². The third-order valence-corrected chi connectivity index (χ3v) is 3.61. The Balaban J connectivity index is 2.09. The number of ether oxygens (including phenoxy) is 1. The Kier molecular flexibility index (Phi) is 5.76. The molecule has 2 amide bonds. The molecule has 0 spiro atoms. The number of benzene rings is 2. The molecule has 6 heteroatoms. The molecule has 3 N–H and O–H groups in total. The van der Waals surface area contributed by atoms with Gasteiger partial charge in [-0.2, -0.15) is 0 Å². The lowest BCUT2D eigenvalue weighted by Gasteiger charge is -2.12. The molecule has 2 rings (SSSR count). The summed E-state index contributed by atoms with van der Waals surface area (Å²) in [5.41, 5.74) is 6.56. The molecule has 0 saturated carbocycles. The first-order valence-electron chi connectivity index (χ1n) is 7.03. The van der Waals surface area contributed by atoms with Gasteiger partial charge in [-0.05, 0) is 30.7 Å². The molecule has 5 nitrogen and oxygen atoms in total. The topological polar surface area (TPSA) is 81.4 Å². The SMILES string of the molecule is C[C@H](NC(=O)c1cc(Br)cc(OCc2ccccc2)c1)C(N)=O. The van der Waals surface area contributed by atoms with Crippen LogP contribution in [0.3, 0.4) is 0 Å². The molecular weight excluding hydrogens is 360 g/mol. The number of rotatable bonds is 6. The predicted molar refractivity (Wildman–Crippen MR) is 91.0 cm³/mol. The molecule has 0 aromatic heterocycles. The second-order valence-corrected chi connectivity index (χ2v) is 5.96. The minimum atomic E-state index is -0.741. The predicted octanol–water partition coefficient (Wildman–Crippen LogP) is 2.63. The van der Waals surface area contributed by atoms with E-state index in [0.717, 1.165) is 5.56 Å². The fourth-order valence-electron chi connectivity index (χ4n) is 1.87. The van der Waals surface area contributed by atoms with E-state index >= 15 is 0 Å². The van der Waals surface area contributed by atoms with Gasteiger partial charge in [0.05, 0.1) is 0 Å². The van der Waals surface area contributed by atoms with Gasteiger partial charge in [-0.15, -0.1) is 0 Å². The fraction of sp³-hybridized carbons (Fsp3) is 0.176. The van der Waals surface area contributed by atoms with Crippen LogP contribution in [0.1, 0.15) is 22.8 Å². The van der Waals surface area contributed by atoms with Crippen LogP contribution in [0.5, 0.6) is 5.75 Å². The van der Waals surface area contributed by atoms with Crippen LogP contribution in [-0.4, -0.2) is 17.9 Å². The Morgan fingerprint density at radius 3 is 2.57 bits per heavy atom. The first-order chi connectivity index (χ1) is 11.0. The minimum absolute atomic E-state index is 0.385. The maximum Gasteiger partial charge on any atom is 0.252 e. The summed E-state index contributed by atoms with van der Waals surface area (Å²) in [4.78, 5) is 23.2. The molecule has 0 radical (unpaired) electrons. The zero-order valence-electron chi connectivity index (χ0n) is 12.6. The van der Waals surface area contributed by atoms with Gasteiger partial charge in [-0.1, -0.05) is 46.3 Å². The van der Waals surface area contributed by atoms with Crippen molar-refractivity contribution in [3.8, 4) is 5.75 Å². The molecule has 0 heterocycles. The minimum Gasteiger partial charge on any atom is -0.489 e. The number of halogens is 1. The van der Waals surface area contributed by atoms with E-state index in [4.69, 9.17) is 10.5 Å². The summed E-state index contributed by atoms with van der Waals surface area (Å²) in [7, 11) is 0. The van der Waals surface area contributed by atoms with Crippen molar-refractivity contribution in [2.45, 2.75) is 19.6 Å². The van der Waals surface area contributed by atoms with Crippen molar-refractivity contribution in [1.82, 2.24) is 5.32 Å². The van der Waals surface area contributed by atoms with E-state index in [2.05, 4.69) is 21.2 Å². The van der Waals surface area contributed by atoms with Crippen molar-refractivity contribution < 1.29 is 14.3 Å². The number of nitrogens with one attached hydrogen (secondary N) is 1. The maximum absolute atomic E-state index is 12.1. The molecule has 0 aliphatic carbocycles. The summed E-state index contributed by atoms with van der Waals surface area (Å²) >= 11 is 3.35. The lowest BCUT2D eigenvalue weighted by Crippen LogP contribution is -2.42. The number of carbonyl (C=O) groups excluding carboxylic acids is 2. The zero-order chi connectivity index (χ0) is 16.8. The standard InChI is InChI=1S/C17H17BrN2O3/c1-11(16(19)21)20-17(22)13-7-14(18)9-15(8-13)23-10-12-5-3-2-4-6-12/h2-9,11H,10H2,1H3,(H2,19,21)(H,20,22)/t11-/m0/s1. The summed E-state index contributed by atoms with van der Waals surface area (Å²) < 4.78 is 6.42. The third-order valence-electron chi connectivity index (χ3n) is 3.16. The van der Waals surface area contributed by atoms with E-state index in [1.165, 1.54) is 6.92 Å². The van der Waals surface area contributed by atoms with E-state index in [9.17, 15) is 9.59 Å². The molecule has 0 bridgehead atoms. The van der Waals surface area contributed by atoms with Crippen LogP contribution in [0.4, 0.5) is 0 Å². The highest BCUT2D eigenvalue weighted by Gasteiger charge is 2.15. The van der Waals surface area contributed by atoms with Gasteiger partial charge >= 0.3 is 0 Å². The molecule has 23 heavy (non-hydrogen) atoms. The Hall–Kier alpha value is -2.34. The lowest BCUT2D eigenvalue weighted by molar-refractivity contribution is -0.119. The summed E-state index contributed by atoms with van der Waals surface area (Å²) in [6.45, 7) is 1.93. The smallest absolute Gasteiger partial charge is 0.252 e. The number of hydrogen-bond acceptors (Lipinski definition) is 3. The number of nitrogens with two attached hydrogens (primary N) is 1. The maximum atomic E-state index is 12.1. The van der Waals surface area contributed by atoms with Crippen LogP contribution in [0.2, 0.25) is 0 Å². The zero-order valence-corrected chi connectivity index (χ0v) is 14.2. The molecule has 1 atom stereocenters. The number of primary amides is 1. The summed E-state index contributed by atoms with van der Waals surface area (Å²) in [6.07, 6.45) is 0. The molecule has 2 aromatic carbocycles. The number of hydrogen-bond donors (Lipinski definition) is 2. The van der Waals surface area contributed by atoms with Gasteiger partial charge < -0.3 is 15.8 Å². The summed E-state index contributed by atoms with van der Waals surface area (Å²) in [6, 6.07) is 14.0. The molecular formula is C17H17BrN2O3. The van der Waals surface area contributed by atoms with Crippen molar-refractivity contribution in [1.29, 1.82) is 0 Å². The van der Waals surface area contributed by atoms with Crippen molar-refractivity contribution in [2.75, 3.05) is 0 Å². The highest BCUT2D eigenvalue weighted by atomic mass is 79.9. The molecule has 0 saturated heterocycles. The van der Waals surface area contributed by atoms with Crippen LogP contribution in [0.15, 0.2) is 53.0 Å². The van der Waals surface area contributed by atoms with E-state index in [-0.39, 0.29) is 5.91 Å². The van der Waals surface area contributed by atoms with Gasteiger partial charge in [-0.25, -0.2) is 0 Å². The Labute approximate surface area is 143 Å². The van der Waals surface area contributed by atoms with Gasteiger partial charge in [0.15, 0.2) is 0 Å². The molecule has 2 aromatic rings. The summed E-state index contributed by atoms with van der Waals surface area (Å²) in [5, 5.41) is 2.53. The van der Waals surface area contributed by atoms with Crippen LogP contribution in [0.25, 0.3) is 0 Å². The van der Waals surface area contributed by atoms with E-state index in [0.29, 0.717) is 22.4 Å². The molecule has 0 fully saturated rings. The average molecular weight is 377 g/mol. The monoisotopic (exact) mass is 376 g/mol. The second kappa shape index (κ2) is 7.78. The third kappa shape index (κ3) is 5.10. The number of carbonyl (C=O) groups is 2. The largest absolute Gasteiger partial charge is 0.489 e. The lowest BCUT2D eigenvalue weighted by atomic mass is 10.2. The second-order valence-electron chi connectivity index (χ2n) is 5.05. The van der Waals surface area contributed by atoms with Gasteiger partial charge in [0.2, 0.25) is 5.91 Å². The van der Waals surface area contributed by atoms with Crippen LogP contribution < -0.4 is 15.8 Å². The molecule has 0 aliphatic heterocycles. The normalized spacial score (nSPS) is 11.6. The highest BCUT2D eigenvalue weighted by molar-refractivity contribution is 9.10. The van der Waals surface area contributed by atoms with Gasteiger partial charge in [-0.3, -0.25) is 9.59 Å². The molecule has 0 aliphatic rings. The number of amides is 2. The van der Waals surface area contributed by atoms with E-state index < -0.39 is 11.9 Å².